The SMILES string of the molecule is Fc1cccc(Cl)c1NC1CSCc2ccccc21. The number of thioether (sulfide) groups is 1. The quantitative estimate of drug-likeness (QED) is 0.847. The van der Waals surface area contributed by atoms with Crippen molar-refractivity contribution in [2.75, 3.05) is 11.1 Å². The summed E-state index contributed by atoms with van der Waals surface area (Å²) in [6.45, 7) is 0. The van der Waals surface area contributed by atoms with Gasteiger partial charge >= 0.3 is 0 Å². The summed E-state index contributed by atoms with van der Waals surface area (Å²) in [7, 11) is 0. The van der Waals surface area contributed by atoms with Gasteiger partial charge in [-0.3, -0.25) is 0 Å². The van der Waals surface area contributed by atoms with Crippen molar-refractivity contribution in [2.45, 2.75) is 11.8 Å². The highest BCUT2D eigenvalue weighted by atomic mass is 35.5. The first-order valence-electron chi connectivity index (χ1n) is 6.12. The molecule has 0 amide bonds. The van der Waals surface area contributed by atoms with Gasteiger partial charge in [0.2, 0.25) is 0 Å². The van der Waals surface area contributed by atoms with E-state index in [1.165, 1.54) is 17.2 Å². The average Bonchev–Trinajstić information content (AvgIpc) is 2.43. The van der Waals surface area contributed by atoms with Gasteiger partial charge in [-0.15, -0.1) is 0 Å². The highest BCUT2D eigenvalue weighted by molar-refractivity contribution is 7.98. The van der Waals surface area contributed by atoms with Crippen LogP contribution < -0.4 is 5.32 Å². The molecule has 1 atom stereocenters. The Kier molecular flexibility index (Phi) is 3.67. The van der Waals surface area contributed by atoms with Crippen LogP contribution in [0.1, 0.15) is 17.2 Å². The molecule has 0 spiro atoms. The molecule has 2 aromatic rings. The average molecular weight is 294 g/mol. The van der Waals surface area contributed by atoms with E-state index in [0.29, 0.717) is 10.7 Å². The number of para-hydroxylation sites is 1. The summed E-state index contributed by atoms with van der Waals surface area (Å²) in [5.41, 5.74) is 2.94. The Balaban J connectivity index is 1.93. The summed E-state index contributed by atoms with van der Waals surface area (Å²) in [5.74, 6) is 1.63. The molecule has 0 radical (unpaired) electrons. The maximum atomic E-state index is 13.8. The Hall–Kier alpha value is -1.19. The Labute approximate surface area is 121 Å². The third kappa shape index (κ3) is 2.58. The third-order valence-corrected chi connectivity index (χ3v) is 4.65. The molecular formula is C15H13ClFNS. The van der Waals surface area contributed by atoms with Crippen LogP contribution in [0.4, 0.5) is 10.1 Å². The van der Waals surface area contributed by atoms with Gasteiger partial charge in [0, 0.05) is 11.5 Å². The van der Waals surface area contributed by atoms with Gasteiger partial charge in [-0.2, -0.15) is 11.8 Å². The second kappa shape index (κ2) is 5.43. The second-order valence-corrected chi connectivity index (χ2v) is 5.94. The summed E-state index contributed by atoms with van der Waals surface area (Å²) in [4.78, 5) is 0. The van der Waals surface area contributed by atoms with Crippen LogP contribution in [0.15, 0.2) is 42.5 Å². The normalized spacial score (nSPS) is 17.9. The van der Waals surface area contributed by atoms with Crippen molar-refractivity contribution < 1.29 is 4.39 Å². The minimum atomic E-state index is -0.305. The van der Waals surface area contributed by atoms with E-state index in [0.717, 1.165) is 11.5 Å². The predicted molar refractivity (Wildman–Crippen MR) is 80.4 cm³/mol. The van der Waals surface area contributed by atoms with Crippen molar-refractivity contribution >= 4 is 29.1 Å². The van der Waals surface area contributed by atoms with Gasteiger partial charge in [0.1, 0.15) is 5.82 Å². The van der Waals surface area contributed by atoms with Crippen LogP contribution in [-0.2, 0) is 5.75 Å². The number of hydrogen-bond acceptors (Lipinski definition) is 2. The number of hydrogen-bond donors (Lipinski definition) is 1. The zero-order chi connectivity index (χ0) is 13.2. The molecule has 1 heterocycles. The first-order valence-corrected chi connectivity index (χ1v) is 7.65. The van der Waals surface area contributed by atoms with E-state index in [9.17, 15) is 4.39 Å². The predicted octanol–water partition coefficient (Wildman–Crippen LogP) is 4.88. The molecule has 1 aliphatic heterocycles. The highest BCUT2D eigenvalue weighted by Crippen LogP contribution is 2.36. The van der Waals surface area contributed by atoms with E-state index in [-0.39, 0.29) is 11.9 Å². The van der Waals surface area contributed by atoms with Gasteiger partial charge in [-0.05, 0) is 23.3 Å². The van der Waals surface area contributed by atoms with Crippen molar-refractivity contribution in [1.82, 2.24) is 0 Å². The fourth-order valence-electron chi connectivity index (χ4n) is 2.31. The van der Waals surface area contributed by atoms with E-state index in [4.69, 9.17) is 11.6 Å². The van der Waals surface area contributed by atoms with Gasteiger partial charge in [-0.1, -0.05) is 41.9 Å². The van der Waals surface area contributed by atoms with Gasteiger partial charge in [0.25, 0.3) is 0 Å². The number of rotatable bonds is 2. The maximum absolute atomic E-state index is 13.8. The minimum absolute atomic E-state index is 0.101. The lowest BCUT2D eigenvalue weighted by Crippen LogP contribution is -2.19. The summed E-state index contributed by atoms with van der Waals surface area (Å²) < 4.78 is 13.8. The van der Waals surface area contributed by atoms with Crippen LogP contribution in [0.2, 0.25) is 5.02 Å². The Morgan fingerprint density at radius 3 is 2.84 bits per heavy atom. The lowest BCUT2D eigenvalue weighted by atomic mass is 10.0. The van der Waals surface area contributed by atoms with Gasteiger partial charge in [0.15, 0.2) is 0 Å². The molecule has 0 saturated heterocycles. The molecule has 0 aromatic heterocycles. The molecule has 1 unspecified atom stereocenters. The topological polar surface area (TPSA) is 12.0 Å². The lowest BCUT2D eigenvalue weighted by molar-refractivity contribution is 0.627. The first-order chi connectivity index (χ1) is 9.25. The van der Waals surface area contributed by atoms with Crippen molar-refractivity contribution in [3.8, 4) is 0 Å². The number of nitrogens with one attached hydrogen (secondary N) is 1. The molecule has 1 aliphatic rings. The van der Waals surface area contributed by atoms with Crippen LogP contribution in [0.3, 0.4) is 0 Å². The largest absolute Gasteiger partial charge is 0.374 e. The molecule has 0 saturated carbocycles. The summed E-state index contributed by atoms with van der Waals surface area (Å²) in [6, 6.07) is 13.1. The first kappa shape index (κ1) is 12.8. The molecule has 0 bridgehead atoms. The molecule has 0 aliphatic carbocycles. The number of halogens is 2. The molecule has 19 heavy (non-hydrogen) atoms. The zero-order valence-corrected chi connectivity index (χ0v) is 11.8. The fourth-order valence-corrected chi connectivity index (χ4v) is 3.63. The van der Waals surface area contributed by atoms with E-state index < -0.39 is 0 Å². The van der Waals surface area contributed by atoms with Crippen LogP contribution in [0.5, 0.6) is 0 Å². The standard InChI is InChI=1S/C15H13ClFNS/c16-12-6-3-7-13(17)15(12)18-14-9-19-8-10-4-1-2-5-11(10)14/h1-7,14,18H,8-9H2. The molecule has 1 N–H and O–H groups in total. The lowest BCUT2D eigenvalue weighted by Gasteiger charge is -2.27. The molecule has 0 fully saturated rings. The van der Waals surface area contributed by atoms with E-state index in [1.54, 1.807) is 12.1 Å². The summed E-state index contributed by atoms with van der Waals surface area (Å²) >= 11 is 7.92. The zero-order valence-electron chi connectivity index (χ0n) is 10.2. The third-order valence-electron chi connectivity index (χ3n) is 3.25. The fraction of sp³-hybridized carbons (Fsp3) is 0.200. The van der Waals surface area contributed by atoms with Gasteiger partial charge < -0.3 is 5.32 Å². The maximum Gasteiger partial charge on any atom is 0.147 e. The van der Waals surface area contributed by atoms with Gasteiger partial charge in [-0.25, -0.2) is 4.39 Å². The Morgan fingerprint density at radius 1 is 1.16 bits per heavy atom. The second-order valence-electron chi connectivity index (χ2n) is 4.51. The molecule has 4 heteroatoms. The molecule has 1 nitrogen and oxygen atoms in total. The molecule has 2 aromatic carbocycles. The van der Waals surface area contributed by atoms with Crippen molar-refractivity contribution in [2.24, 2.45) is 0 Å². The van der Waals surface area contributed by atoms with Crippen molar-refractivity contribution in [1.29, 1.82) is 0 Å². The number of fused-ring (bicyclic) bond motifs is 1. The van der Waals surface area contributed by atoms with E-state index in [1.807, 2.05) is 23.9 Å². The number of anilines is 1. The van der Waals surface area contributed by atoms with Crippen LogP contribution in [0, 0.1) is 5.82 Å². The van der Waals surface area contributed by atoms with Crippen LogP contribution in [0.25, 0.3) is 0 Å². The van der Waals surface area contributed by atoms with Crippen LogP contribution in [-0.4, -0.2) is 5.75 Å². The van der Waals surface area contributed by atoms with Crippen molar-refractivity contribution in [3.05, 3.63) is 64.4 Å². The van der Waals surface area contributed by atoms with Crippen molar-refractivity contribution in [3.63, 3.8) is 0 Å². The molecule has 3 rings (SSSR count). The highest BCUT2D eigenvalue weighted by Gasteiger charge is 2.21. The van der Waals surface area contributed by atoms with Gasteiger partial charge in [0.05, 0.1) is 16.8 Å². The molecule has 98 valence electrons. The van der Waals surface area contributed by atoms with Crippen LogP contribution >= 0.6 is 23.4 Å². The summed E-state index contributed by atoms with van der Waals surface area (Å²) in [5, 5.41) is 3.67. The summed E-state index contributed by atoms with van der Waals surface area (Å²) in [6.07, 6.45) is 0. The van der Waals surface area contributed by atoms with E-state index in [2.05, 4.69) is 17.4 Å². The Morgan fingerprint density at radius 2 is 2.00 bits per heavy atom. The van der Waals surface area contributed by atoms with E-state index >= 15 is 0 Å². The monoisotopic (exact) mass is 293 g/mol. The Bertz CT molecular complexity index is 582. The molecular weight excluding hydrogens is 281 g/mol. The minimum Gasteiger partial charge on any atom is -0.374 e. The number of benzene rings is 2. The smallest absolute Gasteiger partial charge is 0.147 e.